The number of benzene rings is 1. The lowest BCUT2D eigenvalue weighted by molar-refractivity contribution is 0.384. The summed E-state index contributed by atoms with van der Waals surface area (Å²) in [6.45, 7) is 4.32. The fourth-order valence-electron chi connectivity index (χ4n) is 3.21. The molecule has 130 valence electrons. The molecule has 0 bridgehead atoms. The van der Waals surface area contributed by atoms with Crippen molar-refractivity contribution in [2.24, 2.45) is 0 Å². The molecule has 0 unspecified atom stereocenters. The zero-order valence-electron chi connectivity index (χ0n) is 13.9. The molecule has 1 aromatic carbocycles. The van der Waals surface area contributed by atoms with E-state index in [1.54, 1.807) is 21.8 Å². The summed E-state index contributed by atoms with van der Waals surface area (Å²) in [4.78, 5) is 6.98. The molecule has 0 aliphatic carbocycles. The van der Waals surface area contributed by atoms with E-state index < -0.39 is 10.0 Å². The van der Waals surface area contributed by atoms with E-state index >= 15 is 0 Å². The fourth-order valence-corrected chi connectivity index (χ4v) is 5.78. The molecule has 0 N–H and O–H groups in total. The van der Waals surface area contributed by atoms with E-state index in [1.807, 2.05) is 18.2 Å². The average Bonchev–Trinajstić information content (AvgIpc) is 3.17. The number of thiophene rings is 1. The van der Waals surface area contributed by atoms with Crippen molar-refractivity contribution in [1.29, 1.82) is 0 Å². The van der Waals surface area contributed by atoms with Gasteiger partial charge in [0.2, 0.25) is 0 Å². The molecular formula is C18H19N3O2S2. The van der Waals surface area contributed by atoms with Crippen LogP contribution in [-0.4, -0.2) is 43.9 Å². The summed E-state index contributed by atoms with van der Waals surface area (Å²) in [5, 5.41) is 2.92. The van der Waals surface area contributed by atoms with Crippen LogP contribution in [0.3, 0.4) is 0 Å². The number of sulfonamides is 1. The van der Waals surface area contributed by atoms with Gasteiger partial charge in [0.25, 0.3) is 10.0 Å². The molecule has 4 rings (SSSR count). The van der Waals surface area contributed by atoms with E-state index in [-0.39, 0.29) is 0 Å². The average molecular weight is 374 g/mol. The van der Waals surface area contributed by atoms with Crippen LogP contribution in [0.15, 0.2) is 52.1 Å². The Morgan fingerprint density at radius 3 is 2.52 bits per heavy atom. The van der Waals surface area contributed by atoms with E-state index in [0.29, 0.717) is 30.4 Å². The van der Waals surface area contributed by atoms with E-state index in [1.165, 1.54) is 11.3 Å². The molecule has 1 aliphatic heterocycles. The van der Waals surface area contributed by atoms with Crippen LogP contribution in [0.25, 0.3) is 10.9 Å². The Morgan fingerprint density at radius 2 is 1.80 bits per heavy atom. The first kappa shape index (κ1) is 16.5. The molecule has 1 saturated heterocycles. The van der Waals surface area contributed by atoms with Gasteiger partial charge in [0.05, 0.1) is 5.52 Å². The molecule has 1 fully saturated rings. The quantitative estimate of drug-likeness (QED) is 0.708. The van der Waals surface area contributed by atoms with Crippen LogP contribution in [0.4, 0.5) is 5.82 Å². The van der Waals surface area contributed by atoms with Gasteiger partial charge in [-0.2, -0.15) is 4.31 Å². The van der Waals surface area contributed by atoms with Crippen LogP contribution in [0.1, 0.15) is 5.56 Å². The molecule has 3 heterocycles. The maximum absolute atomic E-state index is 12.6. The second kappa shape index (κ2) is 6.40. The molecule has 0 saturated carbocycles. The summed E-state index contributed by atoms with van der Waals surface area (Å²) in [6, 6.07) is 13.7. The number of rotatable bonds is 3. The van der Waals surface area contributed by atoms with Gasteiger partial charge < -0.3 is 4.90 Å². The Kier molecular flexibility index (Phi) is 4.23. The Balaban J connectivity index is 1.55. The zero-order chi connectivity index (χ0) is 17.4. The summed E-state index contributed by atoms with van der Waals surface area (Å²) in [6.07, 6.45) is 0. The highest BCUT2D eigenvalue weighted by molar-refractivity contribution is 7.91. The summed E-state index contributed by atoms with van der Waals surface area (Å²) in [5.41, 5.74) is 2.09. The van der Waals surface area contributed by atoms with Crippen molar-refractivity contribution in [3.05, 3.63) is 53.4 Å². The van der Waals surface area contributed by atoms with E-state index in [0.717, 1.165) is 22.3 Å². The number of aryl methyl sites for hydroxylation is 1. The van der Waals surface area contributed by atoms with E-state index in [4.69, 9.17) is 4.98 Å². The minimum atomic E-state index is -3.36. The molecule has 5 nitrogen and oxygen atoms in total. The summed E-state index contributed by atoms with van der Waals surface area (Å²) in [5.74, 6) is 0.951. The first-order chi connectivity index (χ1) is 12.1. The van der Waals surface area contributed by atoms with Gasteiger partial charge in [-0.3, -0.25) is 0 Å². The Bertz CT molecular complexity index is 992. The maximum atomic E-state index is 12.6. The number of fused-ring (bicyclic) bond motifs is 1. The largest absolute Gasteiger partial charge is 0.354 e. The first-order valence-corrected chi connectivity index (χ1v) is 10.5. The lowest BCUT2D eigenvalue weighted by Crippen LogP contribution is -2.49. The smallest absolute Gasteiger partial charge is 0.252 e. The molecule has 7 heteroatoms. The van der Waals surface area contributed by atoms with Crippen LogP contribution in [0.2, 0.25) is 0 Å². The molecule has 0 amide bonds. The number of hydrogen-bond donors (Lipinski definition) is 0. The van der Waals surface area contributed by atoms with Crippen LogP contribution in [0, 0.1) is 6.92 Å². The van der Waals surface area contributed by atoms with Crippen molar-refractivity contribution in [1.82, 2.24) is 9.29 Å². The predicted molar refractivity (Wildman–Crippen MR) is 102 cm³/mol. The summed E-state index contributed by atoms with van der Waals surface area (Å²) >= 11 is 1.27. The maximum Gasteiger partial charge on any atom is 0.252 e. The van der Waals surface area contributed by atoms with E-state index in [2.05, 4.69) is 24.0 Å². The SMILES string of the molecule is Cc1cc2ccccc2nc1N1CCN(S(=O)(=O)c2cccs2)CC1. The van der Waals surface area contributed by atoms with Crippen LogP contribution in [0.5, 0.6) is 0 Å². The van der Waals surface area contributed by atoms with Crippen molar-refractivity contribution in [2.45, 2.75) is 11.1 Å². The van der Waals surface area contributed by atoms with Gasteiger partial charge in [-0.25, -0.2) is 13.4 Å². The van der Waals surface area contributed by atoms with Gasteiger partial charge in [0.15, 0.2) is 0 Å². The van der Waals surface area contributed by atoms with Crippen LogP contribution >= 0.6 is 11.3 Å². The lowest BCUT2D eigenvalue weighted by atomic mass is 10.1. The third-order valence-corrected chi connectivity index (χ3v) is 7.79. The third-order valence-electron chi connectivity index (χ3n) is 4.52. The molecule has 0 spiro atoms. The standard InChI is InChI=1S/C18H19N3O2S2/c1-14-13-15-5-2-3-6-16(15)19-18(14)20-8-10-21(11-9-20)25(22,23)17-7-4-12-24-17/h2-7,12-13H,8-11H2,1H3. The van der Waals surface area contributed by atoms with Crippen LogP contribution < -0.4 is 4.90 Å². The molecule has 2 aromatic heterocycles. The number of para-hydroxylation sites is 1. The highest BCUT2D eigenvalue weighted by atomic mass is 32.2. The van der Waals surface area contributed by atoms with E-state index in [9.17, 15) is 8.42 Å². The van der Waals surface area contributed by atoms with Gasteiger partial charge in [0, 0.05) is 31.6 Å². The number of anilines is 1. The highest BCUT2D eigenvalue weighted by Gasteiger charge is 2.29. The molecular weight excluding hydrogens is 354 g/mol. The minimum absolute atomic E-state index is 0.418. The second-order valence-electron chi connectivity index (χ2n) is 6.14. The number of nitrogens with zero attached hydrogens (tertiary/aromatic N) is 3. The molecule has 25 heavy (non-hydrogen) atoms. The van der Waals surface area contributed by atoms with Gasteiger partial charge >= 0.3 is 0 Å². The molecule has 3 aromatic rings. The number of hydrogen-bond acceptors (Lipinski definition) is 5. The first-order valence-electron chi connectivity index (χ1n) is 8.21. The van der Waals surface area contributed by atoms with Gasteiger partial charge in [-0.15, -0.1) is 11.3 Å². The number of aromatic nitrogens is 1. The van der Waals surface area contributed by atoms with Crippen molar-refractivity contribution >= 4 is 38.1 Å². The normalized spacial score (nSPS) is 16.4. The number of pyridine rings is 1. The Hall–Kier alpha value is -1.96. The topological polar surface area (TPSA) is 53.5 Å². The minimum Gasteiger partial charge on any atom is -0.354 e. The molecule has 1 aliphatic rings. The second-order valence-corrected chi connectivity index (χ2v) is 9.26. The van der Waals surface area contributed by atoms with Crippen molar-refractivity contribution in [3.63, 3.8) is 0 Å². The van der Waals surface area contributed by atoms with Crippen molar-refractivity contribution in [2.75, 3.05) is 31.1 Å². The highest BCUT2D eigenvalue weighted by Crippen LogP contribution is 2.26. The molecule has 0 radical (unpaired) electrons. The lowest BCUT2D eigenvalue weighted by Gasteiger charge is -2.35. The Labute approximate surface area is 151 Å². The fraction of sp³-hybridized carbons (Fsp3) is 0.278. The van der Waals surface area contributed by atoms with Gasteiger partial charge in [0.1, 0.15) is 10.0 Å². The number of piperazine rings is 1. The monoisotopic (exact) mass is 373 g/mol. The van der Waals surface area contributed by atoms with Crippen LogP contribution in [-0.2, 0) is 10.0 Å². The third kappa shape index (κ3) is 3.03. The summed E-state index contributed by atoms with van der Waals surface area (Å²) in [7, 11) is -3.36. The Morgan fingerprint density at radius 1 is 1.04 bits per heavy atom. The predicted octanol–water partition coefficient (Wildman–Crippen LogP) is 3.12. The van der Waals surface area contributed by atoms with Crippen molar-refractivity contribution < 1.29 is 8.42 Å². The van der Waals surface area contributed by atoms with Gasteiger partial charge in [-0.05, 0) is 36.1 Å². The molecule has 0 atom stereocenters. The zero-order valence-corrected chi connectivity index (χ0v) is 15.6. The van der Waals surface area contributed by atoms with Crippen molar-refractivity contribution in [3.8, 4) is 0 Å². The van der Waals surface area contributed by atoms with Gasteiger partial charge in [-0.1, -0.05) is 24.3 Å². The summed E-state index contributed by atoms with van der Waals surface area (Å²) < 4.78 is 27.3.